The van der Waals surface area contributed by atoms with Crippen molar-refractivity contribution in [3.05, 3.63) is 58.6 Å². The Kier molecular flexibility index (Phi) is 5.03. The van der Waals surface area contributed by atoms with Crippen LogP contribution in [0.3, 0.4) is 0 Å². The van der Waals surface area contributed by atoms with Gasteiger partial charge in [-0.05, 0) is 48.2 Å². The molecule has 0 spiro atoms. The van der Waals surface area contributed by atoms with Crippen LogP contribution < -0.4 is 14.8 Å². The van der Waals surface area contributed by atoms with E-state index in [1.807, 2.05) is 42.5 Å². The minimum Gasteiger partial charge on any atom is -0.454 e. The summed E-state index contributed by atoms with van der Waals surface area (Å²) >= 11 is 5.84. The van der Waals surface area contributed by atoms with Crippen molar-refractivity contribution in [1.29, 1.82) is 0 Å². The van der Waals surface area contributed by atoms with Crippen LogP contribution in [0.15, 0.2) is 42.5 Å². The van der Waals surface area contributed by atoms with Crippen LogP contribution >= 0.6 is 11.6 Å². The molecule has 2 aromatic carbocycles. The molecule has 3 rings (SSSR count). The Balaban J connectivity index is 1.40. The van der Waals surface area contributed by atoms with Crippen LogP contribution in [-0.4, -0.2) is 19.2 Å². The molecule has 1 aliphatic rings. The van der Waals surface area contributed by atoms with E-state index in [-0.39, 0.29) is 12.7 Å². The van der Waals surface area contributed by atoms with Gasteiger partial charge in [-0.15, -0.1) is 0 Å². The molecule has 5 heteroatoms. The zero-order chi connectivity index (χ0) is 16.1. The second-order valence-corrected chi connectivity index (χ2v) is 5.85. The SMILES string of the molecule is O=C(CCc1ccc2c(c1)OCO2)NCCc1ccc(Cl)cc1. The zero-order valence-electron chi connectivity index (χ0n) is 12.7. The molecule has 0 unspecified atom stereocenters. The number of carbonyl (C=O) groups is 1. The molecule has 0 saturated heterocycles. The Morgan fingerprint density at radius 1 is 1.00 bits per heavy atom. The van der Waals surface area contributed by atoms with Crippen molar-refractivity contribution in [3.8, 4) is 11.5 Å². The number of rotatable bonds is 6. The maximum atomic E-state index is 11.9. The van der Waals surface area contributed by atoms with Crippen LogP contribution in [-0.2, 0) is 17.6 Å². The molecule has 0 fully saturated rings. The van der Waals surface area contributed by atoms with Crippen LogP contribution in [0.2, 0.25) is 5.02 Å². The van der Waals surface area contributed by atoms with E-state index in [0.717, 1.165) is 34.1 Å². The number of ether oxygens (including phenoxy) is 2. The average molecular weight is 332 g/mol. The summed E-state index contributed by atoms with van der Waals surface area (Å²) in [5.41, 5.74) is 2.23. The number of aryl methyl sites for hydroxylation is 1. The lowest BCUT2D eigenvalue weighted by Crippen LogP contribution is -2.25. The molecule has 4 nitrogen and oxygen atoms in total. The highest BCUT2D eigenvalue weighted by atomic mass is 35.5. The highest BCUT2D eigenvalue weighted by molar-refractivity contribution is 6.30. The largest absolute Gasteiger partial charge is 0.454 e. The van der Waals surface area contributed by atoms with E-state index in [2.05, 4.69) is 5.32 Å². The van der Waals surface area contributed by atoms with Gasteiger partial charge in [0.15, 0.2) is 11.5 Å². The van der Waals surface area contributed by atoms with Gasteiger partial charge in [-0.1, -0.05) is 29.8 Å². The molecule has 0 aromatic heterocycles. The number of hydrogen-bond donors (Lipinski definition) is 1. The molecule has 23 heavy (non-hydrogen) atoms. The normalized spacial score (nSPS) is 12.2. The maximum absolute atomic E-state index is 11.9. The molecule has 1 aliphatic heterocycles. The minimum atomic E-state index is 0.0524. The molecule has 1 N–H and O–H groups in total. The van der Waals surface area contributed by atoms with Crippen molar-refractivity contribution < 1.29 is 14.3 Å². The van der Waals surface area contributed by atoms with Gasteiger partial charge in [0.2, 0.25) is 12.7 Å². The van der Waals surface area contributed by atoms with Crippen molar-refractivity contribution in [3.63, 3.8) is 0 Å². The van der Waals surface area contributed by atoms with E-state index >= 15 is 0 Å². The van der Waals surface area contributed by atoms with Gasteiger partial charge in [-0.25, -0.2) is 0 Å². The van der Waals surface area contributed by atoms with Crippen LogP contribution in [0.25, 0.3) is 0 Å². The van der Waals surface area contributed by atoms with Crippen molar-refractivity contribution in [2.45, 2.75) is 19.3 Å². The third-order valence-electron chi connectivity index (χ3n) is 3.73. The molecule has 1 heterocycles. The molecular formula is C18H18ClNO3. The molecular weight excluding hydrogens is 314 g/mol. The summed E-state index contributed by atoms with van der Waals surface area (Å²) in [6.07, 6.45) is 1.94. The quantitative estimate of drug-likeness (QED) is 0.883. The number of nitrogens with one attached hydrogen (secondary N) is 1. The first-order valence-corrected chi connectivity index (χ1v) is 7.98. The first-order valence-electron chi connectivity index (χ1n) is 7.60. The Labute approximate surface area is 140 Å². The van der Waals surface area contributed by atoms with Gasteiger partial charge in [0.1, 0.15) is 0 Å². The predicted octanol–water partition coefficient (Wildman–Crippen LogP) is 3.36. The fourth-order valence-electron chi connectivity index (χ4n) is 2.44. The first kappa shape index (κ1) is 15.7. The number of hydrogen-bond acceptors (Lipinski definition) is 3. The van der Waals surface area contributed by atoms with Gasteiger partial charge < -0.3 is 14.8 Å². The van der Waals surface area contributed by atoms with E-state index < -0.39 is 0 Å². The Morgan fingerprint density at radius 2 is 1.74 bits per heavy atom. The van der Waals surface area contributed by atoms with Gasteiger partial charge in [0, 0.05) is 18.0 Å². The van der Waals surface area contributed by atoms with E-state index in [1.165, 1.54) is 0 Å². The van der Waals surface area contributed by atoms with E-state index in [9.17, 15) is 4.79 Å². The second kappa shape index (κ2) is 7.38. The molecule has 0 radical (unpaired) electrons. The summed E-state index contributed by atoms with van der Waals surface area (Å²) in [4.78, 5) is 11.9. The third-order valence-corrected chi connectivity index (χ3v) is 3.98. The Morgan fingerprint density at radius 3 is 2.57 bits per heavy atom. The highest BCUT2D eigenvalue weighted by Gasteiger charge is 2.13. The number of carbonyl (C=O) groups excluding carboxylic acids is 1. The van der Waals surface area contributed by atoms with E-state index in [4.69, 9.17) is 21.1 Å². The van der Waals surface area contributed by atoms with Crippen LogP contribution in [0, 0.1) is 0 Å². The predicted molar refractivity (Wildman–Crippen MR) is 89.1 cm³/mol. The molecule has 0 saturated carbocycles. The summed E-state index contributed by atoms with van der Waals surface area (Å²) < 4.78 is 10.6. The van der Waals surface area contributed by atoms with Gasteiger partial charge in [0.05, 0.1) is 0 Å². The molecule has 1 amide bonds. The van der Waals surface area contributed by atoms with Gasteiger partial charge in [-0.3, -0.25) is 4.79 Å². The van der Waals surface area contributed by atoms with Crippen LogP contribution in [0.4, 0.5) is 0 Å². The van der Waals surface area contributed by atoms with Gasteiger partial charge in [-0.2, -0.15) is 0 Å². The topological polar surface area (TPSA) is 47.6 Å². The fraction of sp³-hybridized carbons (Fsp3) is 0.278. The van der Waals surface area contributed by atoms with Gasteiger partial charge in [0.25, 0.3) is 0 Å². The molecule has 0 atom stereocenters. The standard InChI is InChI=1S/C18H18ClNO3/c19-15-5-1-13(2-6-15)9-10-20-18(21)8-4-14-3-7-16-17(11-14)23-12-22-16/h1-3,5-7,11H,4,8-10,12H2,(H,20,21). The average Bonchev–Trinajstić information content (AvgIpc) is 3.02. The molecule has 120 valence electrons. The minimum absolute atomic E-state index is 0.0524. The maximum Gasteiger partial charge on any atom is 0.231 e. The number of halogens is 1. The van der Waals surface area contributed by atoms with Crippen molar-refractivity contribution in [2.75, 3.05) is 13.3 Å². The summed E-state index contributed by atoms with van der Waals surface area (Å²) in [5.74, 6) is 1.57. The number of fused-ring (bicyclic) bond motifs is 1. The van der Waals surface area contributed by atoms with Crippen molar-refractivity contribution in [1.82, 2.24) is 5.32 Å². The summed E-state index contributed by atoms with van der Waals surface area (Å²) in [6, 6.07) is 13.5. The first-order chi connectivity index (χ1) is 11.2. The highest BCUT2D eigenvalue weighted by Crippen LogP contribution is 2.32. The van der Waals surface area contributed by atoms with Crippen molar-refractivity contribution in [2.24, 2.45) is 0 Å². The second-order valence-electron chi connectivity index (χ2n) is 5.41. The van der Waals surface area contributed by atoms with Crippen molar-refractivity contribution >= 4 is 17.5 Å². The Hall–Kier alpha value is -2.20. The lowest BCUT2D eigenvalue weighted by molar-refractivity contribution is -0.121. The van der Waals surface area contributed by atoms with Crippen LogP contribution in [0.1, 0.15) is 17.5 Å². The summed E-state index contributed by atoms with van der Waals surface area (Å²) in [5, 5.41) is 3.66. The summed E-state index contributed by atoms with van der Waals surface area (Å²) in [7, 11) is 0. The van der Waals surface area contributed by atoms with Crippen LogP contribution in [0.5, 0.6) is 11.5 Å². The van der Waals surface area contributed by atoms with E-state index in [1.54, 1.807) is 0 Å². The Bertz CT molecular complexity index is 685. The molecule has 2 aromatic rings. The molecule has 0 aliphatic carbocycles. The fourth-order valence-corrected chi connectivity index (χ4v) is 2.57. The lowest BCUT2D eigenvalue weighted by Gasteiger charge is -2.06. The zero-order valence-corrected chi connectivity index (χ0v) is 13.4. The van der Waals surface area contributed by atoms with E-state index in [0.29, 0.717) is 19.4 Å². The monoisotopic (exact) mass is 331 g/mol. The van der Waals surface area contributed by atoms with Gasteiger partial charge >= 0.3 is 0 Å². The third kappa shape index (κ3) is 4.39. The lowest BCUT2D eigenvalue weighted by atomic mass is 10.1. The smallest absolute Gasteiger partial charge is 0.231 e. The molecule has 0 bridgehead atoms. The summed E-state index contributed by atoms with van der Waals surface area (Å²) in [6.45, 7) is 0.894. The number of amides is 1. The number of benzene rings is 2.